The minimum atomic E-state index is 0.0358. The van der Waals surface area contributed by atoms with E-state index in [-0.39, 0.29) is 6.04 Å². The second-order valence-electron chi connectivity index (χ2n) is 2.47. The zero-order chi connectivity index (χ0) is 8.10. The van der Waals surface area contributed by atoms with E-state index >= 15 is 0 Å². The summed E-state index contributed by atoms with van der Waals surface area (Å²) in [5, 5.41) is 0. The van der Waals surface area contributed by atoms with Crippen LogP contribution in [0.3, 0.4) is 0 Å². The summed E-state index contributed by atoms with van der Waals surface area (Å²) >= 11 is 0. The molecule has 1 heterocycles. The average molecular weight is 151 g/mol. The Bertz CT molecular complexity index is 198. The molecular formula is C8H13N3. The van der Waals surface area contributed by atoms with Gasteiger partial charge in [-0.15, -0.1) is 0 Å². The summed E-state index contributed by atoms with van der Waals surface area (Å²) in [5.74, 6) is 0. The van der Waals surface area contributed by atoms with Crippen LogP contribution in [0.15, 0.2) is 24.5 Å². The van der Waals surface area contributed by atoms with E-state index in [1.54, 1.807) is 12.4 Å². The Kier molecular flexibility index (Phi) is 3.01. The van der Waals surface area contributed by atoms with Crippen LogP contribution in [0.5, 0.6) is 0 Å². The van der Waals surface area contributed by atoms with Crippen LogP contribution in [0, 0.1) is 0 Å². The minimum absolute atomic E-state index is 0.0358. The number of aromatic nitrogens is 1. The lowest BCUT2D eigenvalue weighted by molar-refractivity contribution is 0.659. The lowest BCUT2D eigenvalue weighted by Crippen LogP contribution is -2.15. The van der Waals surface area contributed by atoms with E-state index in [1.165, 1.54) is 0 Å². The smallest absolute Gasteiger partial charge is 0.0322 e. The molecule has 0 aromatic carbocycles. The number of hydrogen-bond donors (Lipinski definition) is 2. The van der Waals surface area contributed by atoms with Crippen LogP contribution in [0.4, 0.5) is 0 Å². The molecule has 3 heteroatoms. The van der Waals surface area contributed by atoms with E-state index in [4.69, 9.17) is 11.5 Å². The number of nitrogens with zero attached hydrogens (tertiary/aromatic N) is 1. The van der Waals surface area contributed by atoms with E-state index in [0.29, 0.717) is 6.54 Å². The molecule has 11 heavy (non-hydrogen) atoms. The van der Waals surface area contributed by atoms with Crippen molar-refractivity contribution in [1.82, 2.24) is 4.98 Å². The molecule has 0 aliphatic heterocycles. The first-order valence-corrected chi connectivity index (χ1v) is 3.70. The van der Waals surface area contributed by atoms with Crippen LogP contribution in [-0.4, -0.2) is 11.5 Å². The van der Waals surface area contributed by atoms with E-state index < -0.39 is 0 Å². The Morgan fingerprint density at radius 3 is 2.91 bits per heavy atom. The van der Waals surface area contributed by atoms with Gasteiger partial charge in [-0.25, -0.2) is 0 Å². The van der Waals surface area contributed by atoms with Crippen molar-refractivity contribution in [2.24, 2.45) is 11.5 Å². The molecule has 3 nitrogen and oxygen atoms in total. The molecule has 1 unspecified atom stereocenters. The lowest BCUT2D eigenvalue weighted by Gasteiger charge is -2.08. The maximum atomic E-state index is 5.79. The highest BCUT2D eigenvalue weighted by Crippen LogP contribution is 2.10. The summed E-state index contributed by atoms with van der Waals surface area (Å²) in [7, 11) is 0. The van der Waals surface area contributed by atoms with Crippen LogP contribution in [0.25, 0.3) is 0 Å². The van der Waals surface area contributed by atoms with Gasteiger partial charge >= 0.3 is 0 Å². The second-order valence-corrected chi connectivity index (χ2v) is 2.47. The van der Waals surface area contributed by atoms with Crippen LogP contribution < -0.4 is 11.5 Å². The van der Waals surface area contributed by atoms with Gasteiger partial charge in [0.05, 0.1) is 0 Å². The van der Waals surface area contributed by atoms with E-state index in [9.17, 15) is 0 Å². The maximum Gasteiger partial charge on any atom is 0.0322 e. The highest BCUT2D eigenvalue weighted by molar-refractivity contribution is 5.12. The summed E-state index contributed by atoms with van der Waals surface area (Å²) in [6.07, 6.45) is 4.32. The van der Waals surface area contributed by atoms with Gasteiger partial charge in [0.25, 0.3) is 0 Å². The molecule has 0 spiro atoms. The second kappa shape index (κ2) is 4.05. The summed E-state index contributed by atoms with van der Waals surface area (Å²) in [5.41, 5.74) is 12.2. The van der Waals surface area contributed by atoms with Gasteiger partial charge in [0.2, 0.25) is 0 Å². The monoisotopic (exact) mass is 151 g/mol. The molecule has 0 aliphatic carbocycles. The number of nitrogens with two attached hydrogens (primary N) is 2. The number of hydrogen-bond acceptors (Lipinski definition) is 3. The molecule has 0 fully saturated rings. The average Bonchev–Trinajstić information content (AvgIpc) is 2.07. The Balaban J connectivity index is 2.61. The molecule has 1 atom stereocenters. The first-order chi connectivity index (χ1) is 5.34. The normalized spacial score (nSPS) is 12.9. The van der Waals surface area contributed by atoms with Crippen LogP contribution in [0.1, 0.15) is 18.0 Å². The van der Waals surface area contributed by atoms with Gasteiger partial charge in [0.15, 0.2) is 0 Å². The molecule has 60 valence electrons. The molecule has 0 saturated carbocycles. The molecule has 0 radical (unpaired) electrons. The summed E-state index contributed by atoms with van der Waals surface area (Å²) in [6, 6.07) is 3.88. The molecule has 1 rings (SSSR count). The van der Waals surface area contributed by atoms with E-state index in [2.05, 4.69) is 4.98 Å². The number of pyridine rings is 1. The third-order valence-electron chi connectivity index (χ3n) is 1.59. The van der Waals surface area contributed by atoms with Crippen molar-refractivity contribution in [2.75, 3.05) is 6.54 Å². The van der Waals surface area contributed by atoms with Gasteiger partial charge in [-0.2, -0.15) is 0 Å². The van der Waals surface area contributed by atoms with Crippen LogP contribution in [-0.2, 0) is 0 Å². The van der Waals surface area contributed by atoms with Gasteiger partial charge < -0.3 is 11.5 Å². The highest BCUT2D eigenvalue weighted by atomic mass is 14.7. The quantitative estimate of drug-likeness (QED) is 0.658. The van der Waals surface area contributed by atoms with Crippen molar-refractivity contribution in [1.29, 1.82) is 0 Å². The summed E-state index contributed by atoms with van der Waals surface area (Å²) in [4.78, 5) is 3.97. The van der Waals surface area contributed by atoms with Crippen molar-refractivity contribution in [2.45, 2.75) is 12.5 Å². The van der Waals surface area contributed by atoms with Crippen LogP contribution in [0.2, 0.25) is 0 Å². The Hall–Kier alpha value is -0.930. The fourth-order valence-electron chi connectivity index (χ4n) is 0.942. The van der Waals surface area contributed by atoms with Crippen molar-refractivity contribution >= 4 is 0 Å². The first kappa shape index (κ1) is 8.17. The fourth-order valence-corrected chi connectivity index (χ4v) is 0.942. The van der Waals surface area contributed by atoms with Gasteiger partial charge in [-0.05, 0) is 24.6 Å². The third kappa shape index (κ3) is 2.29. The Labute approximate surface area is 66.4 Å². The molecule has 0 saturated heterocycles. The first-order valence-electron chi connectivity index (χ1n) is 3.70. The number of rotatable bonds is 3. The zero-order valence-electron chi connectivity index (χ0n) is 6.40. The minimum Gasteiger partial charge on any atom is -0.330 e. The molecule has 0 amide bonds. The van der Waals surface area contributed by atoms with Gasteiger partial charge in [0.1, 0.15) is 0 Å². The topological polar surface area (TPSA) is 64.9 Å². The van der Waals surface area contributed by atoms with Crippen molar-refractivity contribution in [3.63, 3.8) is 0 Å². The predicted octanol–water partition coefficient (Wildman–Crippen LogP) is 0.430. The van der Waals surface area contributed by atoms with Gasteiger partial charge in [0, 0.05) is 18.4 Å². The molecule has 4 N–H and O–H groups in total. The van der Waals surface area contributed by atoms with Gasteiger partial charge in [-0.3, -0.25) is 4.98 Å². The molecule has 0 bridgehead atoms. The SMILES string of the molecule is NCCC(N)c1cccnc1. The Morgan fingerprint density at radius 1 is 1.55 bits per heavy atom. The molecular weight excluding hydrogens is 138 g/mol. The largest absolute Gasteiger partial charge is 0.330 e. The molecule has 1 aromatic rings. The highest BCUT2D eigenvalue weighted by Gasteiger charge is 2.02. The van der Waals surface area contributed by atoms with Crippen LogP contribution >= 0.6 is 0 Å². The zero-order valence-corrected chi connectivity index (χ0v) is 6.40. The van der Waals surface area contributed by atoms with E-state index in [0.717, 1.165) is 12.0 Å². The maximum absolute atomic E-state index is 5.79. The third-order valence-corrected chi connectivity index (χ3v) is 1.59. The van der Waals surface area contributed by atoms with Crippen molar-refractivity contribution in [3.05, 3.63) is 30.1 Å². The summed E-state index contributed by atoms with van der Waals surface area (Å²) < 4.78 is 0. The Morgan fingerprint density at radius 2 is 2.36 bits per heavy atom. The molecule has 0 aliphatic rings. The standard InChI is InChI=1S/C8H13N3/c9-4-3-8(10)7-2-1-5-11-6-7/h1-2,5-6,8H,3-4,9-10H2. The van der Waals surface area contributed by atoms with Crippen molar-refractivity contribution in [3.8, 4) is 0 Å². The van der Waals surface area contributed by atoms with E-state index in [1.807, 2.05) is 12.1 Å². The predicted molar refractivity (Wildman–Crippen MR) is 44.8 cm³/mol. The fraction of sp³-hybridized carbons (Fsp3) is 0.375. The van der Waals surface area contributed by atoms with Crippen molar-refractivity contribution < 1.29 is 0 Å². The van der Waals surface area contributed by atoms with Gasteiger partial charge in [-0.1, -0.05) is 6.07 Å². The summed E-state index contributed by atoms with van der Waals surface area (Å²) in [6.45, 7) is 0.621. The lowest BCUT2D eigenvalue weighted by atomic mass is 10.1. The molecule has 1 aromatic heterocycles.